The number of carbonyl (C=O) groups is 1. The van der Waals surface area contributed by atoms with Crippen molar-refractivity contribution < 1.29 is 14.5 Å². The lowest BCUT2D eigenvalue weighted by Crippen LogP contribution is -2.05. The summed E-state index contributed by atoms with van der Waals surface area (Å²) >= 11 is 0. The van der Waals surface area contributed by atoms with Gasteiger partial charge in [-0.1, -0.05) is 0 Å². The highest BCUT2D eigenvalue weighted by Crippen LogP contribution is 2.22. The second-order valence-corrected chi connectivity index (χ2v) is 3.20. The van der Waals surface area contributed by atoms with Gasteiger partial charge in [-0.05, 0) is 25.5 Å². The van der Waals surface area contributed by atoms with Crippen LogP contribution >= 0.6 is 0 Å². The van der Waals surface area contributed by atoms with Gasteiger partial charge in [0.1, 0.15) is 0 Å². The zero-order valence-electron chi connectivity index (χ0n) is 8.73. The Hall–Kier alpha value is -1.91. The molecule has 1 rings (SSSR count). The largest absolute Gasteiger partial charge is 0.465 e. The number of benzene rings is 1. The average molecular weight is 209 g/mol. The molecule has 0 aliphatic carbocycles. The average Bonchev–Trinajstić information content (AvgIpc) is 2.19. The zero-order valence-corrected chi connectivity index (χ0v) is 8.73. The van der Waals surface area contributed by atoms with Crippen molar-refractivity contribution in [2.24, 2.45) is 0 Å². The highest BCUT2D eigenvalue weighted by molar-refractivity contribution is 5.91. The van der Waals surface area contributed by atoms with Gasteiger partial charge in [0, 0.05) is 11.6 Å². The van der Waals surface area contributed by atoms with Crippen LogP contribution in [0.4, 0.5) is 5.69 Å². The number of esters is 1. The van der Waals surface area contributed by atoms with Crippen molar-refractivity contribution in [3.05, 3.63) is 38.9 Å². The molecule has 0 aromatic heterocycles. The van der Waals surface area contributed by atoms with Crippen molar-refractivity contribution in [2.75, 3.05) is 7.11 Å². The number of methoxy groups -OCH3 is 1. The van der Waals surface area contributed by atoms with E-state index in [1.807, 2.05) is 0 Å². The minimum atomic E-state index is -0.481. The number of nitrogens with zero attached hydrogens (tertiary/aromatic N) is 1. The lowest BCUT2D eigenvalue weighted by Gasteiger charge is -2.05. The summed E-state index contributed by atoms with van der Waals surface area (Å²) in [7, 11) is 1.28. The Bertz CT molecular complexity index is 426. The molecule has 0 saturated carbocycles. The predicted molar refractivity (Wildman–Crippen MR) is 53.9 cm³/mol. The van der Waals surface area contributed by atoms with Gasteiger partial charge in [0.25, 0.3) is 5.69 Å². The maximum absolute atomic E-state index is 11.3. The number of hydrogen-bond donors (Lipinski definition) is 0. The van der Waals surface area contributed by atoms with Crippen molar-refractivity contribution in [1.82, 2.24) is 0 Å². The molecule has 0 amide bonds. The van der Waals surface area contributed by atoms with E-state index in [2.05, 4.69) is 4.74 Å². The first-order valence-electron chi connectivity index (χ1n) is 4.31. The highest BCUT2D eigenvalue weighted by Gasteiger charge is 2.17. The van der Waals surface area contributed by atoms with E-state index in [0.29, 0.717) is 16.7 Å². The van der Waals surface area contributed by atoms with E-state index in [1.54, 1.807) is 13.8 Å². The number of carbonyl (C=O) groups excluding carboxylic acids is 1. The van der Waals surface area contributed by atoms with Gasteiger partial charge >= 0.3 is 5.97 Å². The van der Waals surface area contributed by atoms with Crippen LogP contribution in [0.15, 0.2) is 12.1 Å². The standard InChI is InChI=1S/C10H11NO4/c1-6-5-9(11(13)14)7(2)4-8(6)10(12)15-3/h4-5H,1-3H3. The molecule has 0 N–H and O–H groups in total. The molecular weight excluding hydrogens is 198 g/mol. The van der Waals surface area contributed by atoms with Gasteiger partial charge < -0.3 is 4.74 Å². The van der Waals surface area contributed by atoms with E-state index in [9.17, 15) is 14.9 Å². The van der Waals surface area contributed by atoms with Gasteiger partial charge in [-0.15, -0.1) is 0 Å². The molecule has 0 atom stereocenters. The summed E-state index contributed by atoms with van der Waals surface area (Å²) in [6, 6.07) is 2.85. The number of ether oxygens (including phenoxy) is 1. The lowest BCUT2D eigenvalue weighted by atomic mass is 10.0. The van der Waals surface area contributed by atoms with E-state index in [1.165, 1.54) is 19.2 Å². The van der Waals surface area contributed by atoms with Crippen molar-refractivity contribution in [3.63, 3.8) is 0 Å². The summed E-state index contributed by atoms with van der Waals surface area (Å²) in [5.41, 5.74) is 1.37. The van der Waals surface area contributed by atoms with Gasteiger partial charge in [-0.25, -0.2) is 4.79 Å². The first-order chi connectivity index (χ1) is 6.97. The third kappa shape index (κ3) is 2.12. The first-order valence-corrected chi connectivity index (χ1v) is 4.31. The molecule has 1 aromatic rings. The van der Waals surface area contributed by atoms with E-state index < -0.39 is 10.9 Å². The summed E-state index contributed by atoms with van der Waals surface area (Å²) < 4.78 is 4.56. The summed E-state index contributed by atoms with van der Waals surface area (Å²) in [5, 5.41) is 10.6. The van der Waals surface area contributed by atoms with E-state index >= 15 is 0 Å². The lowest BCUT2D eigenvalue weighted by molar-refractivity contribution is -0.385. The number of rotatable bonds is 2. The minimum Gasteiger partial charge on any atom is -0.465 e. The molecule has 0 spiro atoms. The second-order valence-electron chi connectivity index (χ2n) is 3.20. The summed E-state index contributed by atoms with van der Waals surface area (Å²) in [5.74, 6) is -0.481. The van der Waals surface area contributed by atoms with Crippen LogP contribution in [0, 0.1) is 24.0 Å². The highest BCUT2D eigenvalue weighted by atomic mass is 16.6. The second kappa shape index (κ2) is 4.08. The van der Waals surface area contributed by atoms with E-state index in [4.69, 9.17) is 0 Å². The van der Waals surface area contributed by atoms with Gasteiger partial charge in [0.05, 0.1) is 17.6 Å². The fourth-order valence-corrected chi connectivity index (χ4v) is 1.33. The smallest absolute Gasteiger partial charge is 0.338 e. The fourth-order valence-electron chi connectivity index (χ4n) is 1.33. The summed E-state index contributed by atoms with van der Waals surface area (Å²) in [4.78, 5) is 21.4. The Morgan fingerprint density at radius 1 is 1.33 bits per heavy atom. The zero-order chi connectivity index (χ0) is 11.6. The van der Waals surface area contributed by atoms with E-state index in [-0.39, 0.29) is 5.69 Å². The summed E-state index contributed by atoms with van der Waals surface area (Å²) in [6.07, 6.45) is 0. The van der Waals surface area contributed by atoms with Crippen LogP contribution in [0.2, 0.25) is 0 Å². The molecule has 80 valence electrons. The predicted octanol–water partition coefficient (Wildman–Crippen LogP) is 2.00. The molecule has 15 heavy (non-hydrogen) atoms. The van der Waals surface area contributed by atoms with Crippen LogP contribution in [-0.2, 0) is 4.74 Å². The van der Waals surface area contributed by atoms with Crippen LogP contribution in [0.25, 0.3) is 0 Å². The van der Waals surface area contributed by atoms with Gasteiger partial charge in [-0.3, -0.25) is 10.1 Å². The molecule has 0 aliphatic rings. The van der Waals surface area contributed by atoms with Crippen LogP contribution < -0.4 is 0 Å². The molecule has 5 heteroatoms. The number of nitro groups is 1. The van der Waals surface area contributed by atoms with Gasteiger partial charge in [-0.2, -0.15) is 0 Å². The normalized spacial score (nSPS) is 9.80. The molecule has 0 aliphatic heterocycles. The third-order valence-corrected chi connectivity index (χ3v) is 2.14. The Balaban J connectivity index is 3.31. The van der Waals surface area contributed by atoms with Crippen molar-refractivity contribution in [2.45, 2.75) is 13.8 Å². The molecule has 0 fully saturated rings. The molecule has 5 nitrogen and oxygen atoms in total. The summed E-state index contributed by atoms with van der Waals surface area (Å²) in [6.45, 7) is 3.22. The fraction of sp³-hybridized carbons (Fsp3) is 0.300. The number of nitro benzene ring substituents is 1. The maximum Gasteiger partial charge on any atom is 0.338 e. The quantitative estimate of drug-likeness (QED) is 0.424. The minimum absolute atomic E-state index is 0.0140. The van der Waals surface area contributed by atoms with Crippen LogP contribution in [0.5, 0.6) is 0 Å². The maximum atomic E-state index is 11.3. The van der Waals surface area contributed by atoms with Crippen LogP contribution in [-0.4, -0.2) is 18.0 Å². The molecule has 0 radical (unpaired) electrons. The molecule has 1 aromatic carbocycles. The van der Waals surface area contributed by atoms with E-state index in [0.717, 1.165) is 0 Å². The Labute approximate surface area is 86.8 Å². The van der Waals surface area contributed by atoms with Gasteiger partial charge in [0.15, 0.2) is 0 Å². The monoisotopic (exact) mass is 209 g/mol. The number of aryl methyl sites for hydroxylation is 2. The first kappa shape index (κ1) is 11.2. The Morgan fingerprint density at radius 3 is 2.40 bits per heavy atom. The van der Waals surface area contributed by atoms with Crippen molar-refractivity contribution in [3.8, 4) is 0 Å². The van der Waals surface area contributed by atoms with Crippen molar-refractivity contribution >= 4 is 11.7 Å². The van der Waals surface area contributed by atoms with Crippen LogP contribution in [0.1, 0.15) is 21.5 Å². The Kier molecular flexibility index (Phi) is 3.04. The molecule has 0 saturated heterocycles. The van der Waals surface area contributed by atoms with Crippen LogP contribution in [0.3, 0.4) is 0 Å². The molecule has 0 bridgehead atoms. The number of hydrogen-bond acceptors (Lipinski definition) is 4. The molecule has 0 heterocycles. The van der Waals surface area contributed by atoms with Crippen molar-refractivity contribution in [1.29, 1.82) is 0 Å². The van der Waals surface area contributed by atoms with Gasteiger partial charge in [0.2, 0.25) is 0 Å². The SMILES string of the molecule is COC(=O)c1cc(C)c([N+](=O)[O-])cc1C. The molecular formula is C10H11NO4. The third-order valence-electron chi connectivity index (χ3n) is 2.14. The topological polar surface area (TPSA) is 69.4 Å². The molecule has 0 unspecified atom stereocenters. The Morgan fingerprint density at radius 2 is 1.93 bits per heavy atom.